The van der Waals surface area contributed by atoms with Crippen LogP contribution < -0.4 is 10.6 Å². The number of ether oxygens (including phenoxy) is 1. The van der Waals surface area contributed by atoms with Gasteiger partial charge in [-0.1, -0.05) is 72.3 Å². The van der Waals surface area contributed by atoms with Gasteiger partial charge in [-0.15, -0.1) is 0 Å². The highest BCUT2D eigenvalue weighted by Gasteiger charge is 2.78. The summed E-state index contributed by atoms with van der Waals surface area (Å²) in [6.45, 7) is 1.49. The molecule has 3 heterocycles. The largest absolute Gasteiger partial charge is 0.394 e. The van der Waals surface area contributed by atoms with Crippen LogP contribution in [0.15, 0.2) is 84.9 Å². The molecule has 3 aromatic carbocycles. The predicted molar refractivity (Wildman–Crippen MR) is 155 cm³/mol. The van der Waals surface area contributed by atoms with Gasteiger partial charge in [0.15, 0.2) is 0 Å². The average Bonchev–Trinajstić information content (AvgIpc) is 3.54. The zero-order valence-electron chi connectivity index (χ0n) is 22.6. The van der Waals surface area contributed by atoms with Crippen molar-refractivity contribution in [2.45, 2.75) is 49.5 Å². The number of benzene rings is 3. The van der Waals surface area contributed by atoms with E-state index in [1.165, 1.54) is 4.90 Å². The molecule has 8 nitrogen and oxygen atoms in total. The van der Waals surface area contributed by atoms with Gasteiger partial charge in [0, 0.05) is 5.69 Å². The second-order valence-corrected chi connectivity index (χ2v) is 11.7. The monoisotopic (exact) mass is 573 g/mol. The van der Waals surface area contributed by atoms with Gasteiger partial charge in [-0.05, 0) is 56.0 Å². The van der Waals surface area contributed by atoms with E-state index in [0.717, 1.165) is 5.56 Å². The summed E-state index contributed by atoms with van der Waals surface area (Å²) in [7, 11) is 0. The number of hydrogen-bond acceptors (Lipinski definition) is 5. The number of para-hydroxylation sites is 2. The number of aliphatic hydroxyl groups excluding tert-OH is 1. The fourth-order valence-electron chi connectivity index (χ4n) is 7.10. The van der Waals surface area contributed by atoms with Crippen molar-refractivity contribution in [3.8, 4) is 0 Å². The van der Waals surface area contributed by atoms with Crippen LogP contribution in [-0.4, -0.2) is 57.6 Å². The molecule has 0 aliphatic carbocycles. The van der Waals surface area contributed by atoms with Crippen LogP contribution in [0.4, 0.5) is 11.4 Å². The van der Waals surface area contributed by atoms with E-state index in [9.17, 15) is 19.5 Å². The minimum absolute atomic E-state index is 0.325. The smallest absolute Gasteiger partial charge is 0.250 e. The van der Waals surface area contributed by atoms with Crippen LogP contribution in [0.1, 0.15) is 25.3 Å². The summed E-state index contributed by atoms with van der Waals surface area (Å²) in [5.41, 5.74) is -0.227. The Hall–Kier alpha value is -3.72. The van der Waals surface area contributed by atoms with Gasteiger partial charge in [-0.3, -0.25) is 14.4 Å². The number of carbonyl (C=O) groups is 3. The van der Waals surface area contributed by atoms with Gasteiger partial charge in [0.25, 0.3) is 0 Å². The lowest BCUT2D eigenvalue weighted by Gasteiger charge is -2.37. The summed E-state index contributed by atoms with van der Waals surface area (Å²) >= 11 is 6.37. The molecule has 3 saturated heterocycles. The van der Waals surface area contributed by atoms with Crippen LogP contribution in [0.3, 0.4) is 0 Å². The Balaban J connectivity index is 1.40. The molecule has 0 aromatic heterocycles. The van der Waals surface area contributed by atoms with Crippen molar-refractivity contribution in [1.82, 2.24) is 4.90 Å². The Morgan fingerprint density at radius 1 is 0.976 bits per heavy atom. The van der Waals surface area contributed by atoms with Gasteiger partial charge < -0.3 is 25.4 Å². The number of rotatable bonds is 8. The molecule has 3 fully saturated rings. The van der Waals surface area contributed by atoms with Gasteiger partial charge in [0.2, 0.25) is 17.7 Å². The SMILES string of the molecule is C[C@@]12CCC3(O1)C(C(=O)Nc1ccccc1Cl)N([C@@H](CO)Cc1ccccc1)C(=O)[C@@H]3[C@@H]2C(=O)Nc1ccccc1. The summed E-state index contributed by atoms with van der Waals surface area (Å²) in [6.07, 6.45) is 1.27. The number of nitrogens with zero attached hydrogens (tertiary/aromatic N) is 1. The zero-order valence-corrected chi connectivity index (χ0v) is 23.4. The molecule has 3 aromatic rings. The fraction of sp³-hybridized carbons (Fsp3) is 0.344. The zero-order chi connectivity index (χ0) is 28.8. The number of fused-ring (bicyclic) bond motifs is 1. The molecule has 2 unspecified atom stereocenters. The molecule has 1 spiro atoms. The van der Waals surface area contributed by atoms with Gasteiger partial charge in [0.05, 0.1) is 40.8 Å². The summed E-state index contributed by atoms with van der Waals surface area (Å²) in [4.78, 5) is 43.9. The lowest BCUT2D eigenvalue weighted by molar-refractivity contribution is -0.146. The molecule has 3 amide bonds. The van der Waals surface area contributed by atoms with Crippen molar-refractivity contribution in [3.05, 3.63) is 95.5 Å². The third-order valence-electron chi connectivity index (χ3n) is 8.84. The van der Waals surface area contributed by atoms with E-state index in [2.05, 4.69) is 10.6 Å². The maximum absolute atomic E-state index is 14.5. The number of carbonyl (C=O) groups excluding carboxylic acids is 3. The summed E-state index contributed by atoms with van der Waals surface area (Å²) < 4.78 is 6.69. The van der Waals surface area contributed by atoms with E-state index in [1.54, 1.807) is 36.4 Å². The Kier molecular flexibility index (Phi) is 7.09. The first-order chi connectivity index (χ1) is 19.8. The molecule has 3 aliphatic rings. The summed E-state index contributed by atoms with van der Waals surface area (Å²) in [5, 5.41) is 16.8. The Labute approximate surface area is 243 Å². The number of amides is 3. The number of hydrogen-bond donors (Lipinski definition) is 3. The summed E-state index contributed by atoms with van der Waals surface area (Å²) in [5.74, 6) is -2.86. The Morgan fingerprint density at radius 3 is 2.32 bits per heavy atom. The third-order valence-corrected chi connectivity index (χ3v) is 9.17. The summed E-state index contributed by atoms with van der Waals surface area (Å²) in [6, 6.07) is 23.7. The van der Waals surface area contributed by atoms with Crippen LogP contribution >= 0.6 is 11.6 Å². The highest BCUT2D eigenvalue weighted by molar-refractivity contribution is 6.33. The number of anilines is 2. The van der Waals surface area contributed by atoms with Gasteiger partial charge in [-0.2, -0.15) is 0 Å². The minimum Gasteiger partial charge on any atom is -0.394 e. The minimum atomic E-state index is -1.24. The molecule has 212 valence electrons. The molecule has 0 saturated carbocycles. The van der Waals surface area contributed by atoms with Crippen LogP contribution in [0.25, 0.3) is 0 Å². The van der Waals surface area contributed by atoms with Gasteiger partial charge in [0.1, 0.15) is 11.6 Å². The standard InChI is InChI=1S/C32H32ClN3O5/c1-31-16-17-32(41-31)26(25(31)28(38)34-21-12-6-3-7-13-21)30(40)36(22(19-37)18-20-10-4-2-5-11-20)27(32)29(39)35-24-15-9-8-14-23(24)33/h2-15,22,25-27,37H,16-19H2,1H3,(H,34,38)(H,35,39)/t22-,25-,26+,27?,31+,32?/m1/s1. The highest BCUT2D eigenvalue weighted by Crippen LogP contribution is 2.63. The van der Waals surface area contributed by atoms with Crippen LogP contribution in [-0.2, 0) is 25.5 Å². The maximum atomic E-state index is 14.5. The van der Waals surface area contributed by atoms with E-state index in [-0.39, 0.29) is 18.4 Å². The van der Waals surface area contributed by atoms with Crippen molar-refractivity contribution < 1.29 is 24.2 Å². The van der Waals surface area contributed by atoms with Crippen molar-refractivity contribution in [2.24, 2.45) is 11.8 Å². The molecule has 6 atom stereocenters. The maximum Gasteiger partial charge on any atom is 0.250 e. The predicted octanol–water partition coefficient (Wildman–Crippen LogP) is 4.29. The van der Waals surface area contributed by atoms with E-state index in [0.29, 0.717) is 35.7 Å². The molecule has 0 radical (unpaired) electrons. The Bertz CT molecular complexity index is 1470. The molecule has 41 heavy (non-hydrogen) atoms. The molecule has 3 aliphatic heterocycles. The Morgan fingerprint density at radius 2 is 1.63 bits per heavy atom. The third kappa shape index (κ3) is 4.60. The van der Waals surface area contributed by atoms with Gasteiger partial charge in [-0.25, -0.2) is 0 Å². The van der Waals surface area contributed by atoms with Crippen molar-refractivity contribution in [2.75, 3.05) is 17.2 Å². The lowest BCUT2D eigenvalue weighted by atomic mass is 9.66. The average molecular weight is 574 g/mol. The van der Waals surface area contributed by atoms with E-state index >= 15 is 0 Å². The molecular formula is C32H32ClN3O5. The highest BCUT2D eigenvalue weighted by atomic mass is 35.5. The topological polar surface area (TPSA) is 108 Å². The molecule has 3 N–H and O–H groups in total. The van der Waals surface area contributed by atoms with E-state index in [4.69, 9.17) is 16.3 Å². The van der Waals surface area contributed by atoms with Gasteiger partial charge >= 0.3 is 0 Å². The molecular weight excluding hydrogens is 542 g/mol. The van der Waals surface area contributed by atoms with Crippen LogP contribution in [0.5, 0.6) is 0 Å². The first-order valence-electron chi connectivity index (χ1n) is 13.9. The normalized spacial score (nSPS) is 28.8. The number of nitrogens with one attached hydrogen (secondary N) is 2. The van der Waals surface area contributed by atoms with Crippen LogP contribution in [0, 0.1) is 11.8 Å². The number of likely N-dealkylation sites (tertiary alicyclic amines) is 1. The fourth-order valence-corrected chi connectivity index (χ4v) is 7.28. The number of aliphatic hydroxyl groups is 1. The van der Waals surface area contributed by atoms with E-state index < -0.39 is 41.0 Å². The van der Waals surface area contributed by atoms with Crippen molar-refractivity contribution in [3.63, 3.8) is 0 Å². The van der Waals surface area contributed by atoms with Crippen molar-refractivity contribution in [1.29, 1.82) is 0 Å². The molecule has 9 heteroatoms. The first kappa shape index (κ1) is 27.4. The second kappa shape index (κ2) is 10.6. The van der Waals surface area contributed by atoms with Crippen molar-refractivity contribution >= 4 is 40.7 Å². The second-order valence-electron chi connectivity index (χ2n) is 11.3. The quantitative estimate of drug-likeness (QED) is 0.373. The van der Waals surface area contributed by atoms with Crippen LogP contribution in [0.2, 0.25) is 5.02 Å². The van der Waals surface area contributed by atoms with E-state index in [1.807, 2.05) is 55.5 Å². The number of halogens is 1. The first-order valence-corrected chi connectivity index (χ1v) is 14.2. The molecule has 2 bridgehead atoms. The lowest BCUT2D eigenvalue weighted by Crippen LogP contribution is -2.57. The molecule has 6 rings (SSSR count).